The zero-order valence-electron chi connectivity index (χ0n) is 12.8. The summed E-state index contributed by atoms with van der Waals surface area (Å²) in [5, 5.41) is 2.76. The van der Waals surface area contributed by atoms with Crippen LogP contribution in [0.4, 0.5) is 0 Å². The van der Waals surface area contributed by atoms with Gasteiger partial charge in [-0.3, -0.25) is 4.79 Å². The van der Waals surface area contributed by atoms with Crippen molar-refractivity contribution in [1.29, 1.82) is 0 Å². The Balaban J connectivity index is 2.23. The molecule has 0 aliphatic carbocycles. The number of carbonyl (C=O) groups is 1. The molecular formula is C16H17BrN2O3S. The first-order chi connectivity index (χ1) is 10.8. The topological polar surface area (TPSA) is 66.5 Å². The van der Waals surface area contributed by atoms with E-state index in [0.717, 1.165) is 4.31 Å². The van der Waals surface area contributed by atoms with E-state index in [0.29, 0.717) is 15.6 Å². The third-order valence-electron chi connectivity index (χ3n) is 3.29. The highest BCUT2D eigenvalue weighted by Crippen LogP contribution is 2.19. The molecule has 1 amide bonds. The normalized spacial score (nSPS) is 11.5. The first-order valence-corrected chi connectivity index (χ1v) is 9.10. The van der Waals surface area contributed by atoms with Gasteiger partial charge in [0, 0.05) is 25.1 Å². The number of halogens is 1. The lowest BCUT2D eigenvalue weighted by molar-refractivity contribution is 0.0950. The predicted molar refractivity (Wildman–Crippen MR) is 92.6 cm³/mol. The van der Waals surface area contributed by atoms with Crippen LogP contribution in [0.5, 0.6) is 0 Å². The second-order valence-electron chi connectivity index (χ2n) is 5.06. The van der Waals surface area contributed by atoms with Crippen molar-refractivity contribution in [3.05, 3.63) is 64.1 Å². The van der Waals surface area contributed by atoms with E-state index >= 15 is 0 Å². The largest absolute Gasteiger partial charge is 0.348 e. The molecule has 0 atom stereocenters. The maximum atomic E-state index is 12.3. The first-order valence-electron chi connectivity index (χ1n) is 6.87. The van der Waals surface area contributed by atoms with Crippen LogP contribution in [0.3, 0.4) is 0 Å². The van der Waals surface area contributed by atoms with Gasteiger partial charge in [0.25, 0.3) is 5.91 Å². The van der Waals surface area contributed by atoms with Crippen molar-refractivity contribution in [3.63, 3.8) is 0 Å². The van der Waals surface area contributed by atoms with E-state index in [2.05, 4.69) is 21.2 Å². The molecule has 2 rings (SSSR count). The lowest BCUT2D eigenvalue weighted by Gasteiger charge is -2.15. The molecule has 7 heteroatoms. The summed E-state index contributed by atoms with van der Waals surface area (Å²) < 4.78 is 26.5. The zero-order valence-corrected chi connectivity index (χ0v) is 15.2. The van der Waals surface area contributed by atoms with Gasteiger partial charge in [-0.2, -0.15) is 0 Å². The number of hydrogen-bond donors (Lipinski definition) is 1. The monoisotopic (exact) mass is 396 g/mol. The fraction of sp³-hybridized carbons (Fsp3) is 0.188. The minimum Gasteiger partial charge on any atom is -0.348 e. The molecule has 122 valence electrons. The third-order valence-corrected chi connectivity index (χ3v) is 5.90. The molecule has 0 saturated carbocycles. The lowest BCUT2D eigenvalue weighted by atomic mass is 10.2. The summed E-state index contributed by atoms with van der Waals surface area (Å²) in [4.78, 5) is 12.4. The highest BCUT2D eigenvalue weighted by molar-refractivity contribution is 9.10. The van der Waals surface area contributed by atoms with Gasteiger partial charge >= 0.3 is 0 Å². The highest BCUT2D eigenvalue weighted by atomic mass is 79.9. The minimum absolute atomic E-state index is 0.128. The highest BCUT2D eigenvalue weighted by Gasteiger charge is 2.21. The molecule has 0 saturated heterocycles. The maximum absolute atomic E-state index is 12.3. The number of nitrogens with zero attached hydrogens (tertiary/aromatic N) is 1. The number of hydrogen-bond acceptors (Lipinski definition) is 3. The molecule has 0 aliphatic rings. The maximum Gasteiger partial charge on any atom is 0.252 e. The Kier molecular flexibility index (Phi) is 5.56. The van der Waals surface area contributed by atoms with Crippen molar-refractivity contribution < 1.29 is 13.2 Å². The van der Waals surface area contributed by atoms with Crippen LogP contribution >= 0.6 is 15.9 Å². The van der Waals surface area contributed by atoms with Gasteiger partial charge in [-0.05, 0) is 39.7 Å². The lowest BCUT2D eigenvalue weighted by Crippen LogP contribution is -2.27. The smallest absolute Gasteiger partial charge is 0.252 e. The van der Waals surface area contributed by atoms with Gasteiger partial charge in [-0.25, -0.2) is 12.7 Å². The van der Waals surface area contributed by atoms with Crippen LogP contribution in [0.15, 0.2) is 57.9 Å². The van der Waals surface area contributed by atoms with E-state index in [-0.39, 0.29) is 17.3 Å². The molecule has 0 aromatic heterocycles. The number of nitrogens with one attached hydrogen (secondary N) is 1. The van der Waals surface area contributed by atoms with Crippen LogP contribution in [0.25, 0.3) is 0 Å². The Hall–Kier alpha value is -1.70. The van der Waals surface area contributed by atoms with E-state index in [9.17, 15) is 13.2 Å². The van der Waals surface area contributed by atoms with Crippen molar-refractivity contribution in [2.24, 2.45) is 0 Å². The summed E-state index contributed by atoms with van der Waals surface area (Å²) >= 11 is 3.33. The Labute approximate surface area is 144 Å². The Morgan fingerprint density at radius 2 is 1.70 bits per heavy atom. The van der Waals surface area contributed by atoms with Crippen LogP contribution in [0, 0.1) is 0 Å². The quantitative estimate of drug-likeness (QED) is 0.844. The average Bonchev–Trinajstić information content (AvgIpc) is 2.53. The van der Waals surface area contributed by atoms with E-state index < -0.39 is 10.0 Å². The van der Waals surface area contributed by atoms with Crippen LogP contribution < -0.4 is 5.32 Å². The summed E-state index contributed by atoms with van der Waals surface area (Å²) in [5.74, 6) is -0.269. The van der Waals surface area contributed by atoms with Gasteiger partial charge in [0.1, 0.15) is 0 Å². The molecule has 0 fully saturated rings. The number of sulfonamides is 1. The molecular weight excluding hydrogens is 380 g/mol. The molecule has 0 aliphatic heterocycles. The molecule has 2 aromatic carbocycles. The van der Waals surface area contributed by atoms with Crippen molar-refractivity contribution in [1.82, 2.24) is 9.62 Å². The molecule has 2 aromatic rings. The molecule has 0 heterocycles. The summed E-state index contributed by atoms with van der Waals surface area (Å²) in [5.41, 5.74) is 1.04. The van der Waals surface area contributed by atoms with E-state index in [1.165, 1.54) is 20.2 Å². The van der Waals surface area contributed by atoms with Gasteiger partial charge in [-0.1, -0.05) is 30.3 Å². The van der Waals surface area contributed by atoms with Gasteiger partial charge in [-0.15, -0.1) is 0 Å². The number of rotatable bonds is 5. The predicted octanol–water partition coefficient (Wildman–Crippen LogP) is 2.63. The average molecular weight is 397 g/mol. The number of amides is 1. The zero-order chi connectivity index (χ0) is 17.0. The van der Waals surface area contributed by atoms with Gasteiger partial charge in [0.05, 0.1) is 10.5 Å². The summed E-state index contributed by atoms with van der Waals surface area (Å²) in [6.45, 7) is 0.128. The fourth-order valence-electron chi connectivity index (χ4n) is 2.01. The second kappa shape index (κ2) is 7.25. The summed E-state index contributed by atoms with van der Waals surface area (Å²) in [7, 11) is -0.600. The number of carbonyl (C=O) groups excluding carboxylic acids is 1. The molecule has 23 heavy (non-hydrogen) atoms. The van der Waals surface area contributed by atoms with Crippen LogP contribution in [-0.4, -0.2) is 32.7 Å². The van der Waals surface area contributed by atoms with Crippen LogP contribution in [0.2, 0.25) is 0 Å². The Morgan fingerprint density at radius 3 is 2.35 bits per heavy atom. The van der Waals surface area contributed by atoms with Crippen molar-refractivity contribution in [2.75, 3.05) is 14.1 Å². The minimum atomic E-state index is -3.56. The van der Waals surface area contributed by atoms with Gasteiger partial charge in [0.2, 0.25) is 10.0 Å². The SMILES string of the molecule is CN(C)S(=O)(=O)c1ccccc1CNC(=O)c1ccccc1Br. The van der Waals surface area contributed by atoms with Gasteiger partial charge < -0.3 is 5.32 Å². The standard InChI is InChI=1S/C16H17BrN2O3S/c1-19(2)23(21,22)15-10-6-3-7-12(15)11-18-16(20)13-8-4-5-9-14(13)17/h3-10H,11H2,1-2H3,(H,18,20). The Morgan fingerprint density at radius 1 is 1.09 bits per heavy atom. The van der Waals surface area contributed by atoms with E-state index in [1.54, 1.807) is 36.4 Å². The summed E-state index contributed by atoms with van der Waals surface area (Å²) in [6.07, 6.45) is 0. The van der Waals surface area contributed by atoms with Crippen molar-refractivity contribution in [2.45, 2.75) is 11.4 Å². The summed E-state index contributed by atoms with van der Waals surface area (Å²) in [6, 6.07) is 13.7. The first kappa shape index (κ1) is 17.7. The molecule has 1 N–H and O–H groups in total. The molecule has 0 unspecified atom stereocenters. The van der Waals surface area contributed by atoms with E-state index in [1.807, 2.05) is 6.07 Å². The fourth-order valence-corrected chi connectivity index (χ4v) is 3.59. The third kappa shape index (κ3) is 3.99. The van der Waals surface area contributed by atoms with Crippen molar-refractivity contribution in [3.8, 4) is 0 Å². The Bertz CT molecular complexity index is 820. The number of benzene rings is 2. The van der Waals surface area contributed by atoms with Gasteiger partial charge in [0.15, 0.2) is 0 Å². The van der Waals surface area contributed by atoms with Crippen LogP contribution in [0.1, 0.15) is 15.9 Å². The van der Waals surface area contributed by atoms with Crippen LogP contribution in [-0.2, 0) is 16.6 Å². The molecule has 5 nitrogen and oxygen atoms in total. The molecule has 0 spiro atoms. The van der Waals surface area contributed by atoms with Crippen molar-refractivity contribution >= 4 is 31.9 Å². The van der Waals surface area contributed by atoms with E-state index in [4.69, 9.17) is 0 Å². The molecule has 0 bridgehead atoms. The second-order valence-corrected chi connectivity index (χ2v) is 8.03. The molecule has 0 radical (unpaired) electrons.